The van der Waals surface area contributed by atoms with Gasteiger partial charge in [-0.05, 0) is 31.1 Å². The third kappa shape index (κ3) is 1.95. The van der Waals surface area contributed by atoms with Crippen molar-refractivity contribution < 1.29 is 4.79 Å². The second-order valence-electron chi connectivity index (χ2n) is 3.87. The van der Waals surface area contributed by atoms with Crippen molar-refractivity contribution in [2.45, 2.75) is 18.4 Å². The summed E-state index contributed by atoms with van der Waals surface area (Å²) in [5.74, 6) is -0.200. The van der Waals surface area contributed by atoms with Gasteiger partial charge in [0, 0.05) is 15.6 Å². The molecule has 0 radical (unpaired) electrons. The van der Waals surface area contributed by atoms with Crippen LogP contribution in [0.25, 0.3) is 0 Å². The predicted molar refractivity (Wildman–Crippen MR) is 65.7 cm³/mol. The highest BCUT2D eigenvalue weighted by Gasteiger charge is 2.47. The minimum absolute atomic E-state index is 0.200. The molecule has 0 aliphatic heterocycles. The van der Waals surface area contributed by atoms with E-state index in [1.165, 1.54) is 6.08 Å². The van der Waals surface area contributed by atoms with Gasteiger partial charge in [0.15, 0.2) is 0 Å². The number of amides is 1. The molecule has 1 N–H and O–H groups in total. The van der Waals surface area contributed by atoms with Crippen LogP contribution in [0.5, 0.6) is 0 Å². The van der Waals surface area contributed by atoms with E-state index in [-0.39, 0.29) is 11.4 Å². The second kappa shape index (κ2) is 4.11. The standard InChI is InChI=1S/C12H11Cl2NO/c1-2-10(16)15-12(6-7-12)11-8(13)4-3-5-9(11)14/h2-5H,1,6-7H2,(H,15,16). The largest absolute Gasteiger partial charge is 0.343 e. The van der Waals surface area contributed by atoms with E-state index < -0.39 is 0 Å². The molecule has 1 fully saturated rings. The highest BCUT2D eigenvalue weighted by molar-refractivity contribution is 6.36. The third-order valence-electron chi connectivity index (χ3n) is 2.74. The maximum Gasteiger partial charge on any atom is 0.244 e. The van der Waals surface area contributed by atoms with Crippen molar-refractivity contribution in [3.8, 4) is 0 Å². The molecule has 16 heavy (non-hydrogen) atoms. The lowest BCUT2D eigenvalue weighted by Gasteiger charge is -2.19. The van der Waals surface area contributed by atoms with Crippen LogP contribution in [-0.4, -0.2) is 5.91 Å². The summed E-state index contributed by atoms with van der Waals surface area (Å²) >= 11 is 12.2. The number of hydrogen-bond acceptors (Lipinski definition) is 1. The number of benzene rings is 1. The lowest BCUT2D eigenvalue weighted by molar-refractivity contribution is -0.117. The number of halogens is 2. The Morgan fingerprint density at radius 3 is 2.38 bits per heavy atom. The molecule has 84 valence electrons. The lowest BCUT2D eigenvalue weighted by Crippen LogP contribution is -2.33. The molecule has 1 aromatic carbocycles. The fourth-order valence-electron chi connectivity index (χ4n) is 1.80. The van der Waals surface area contributed by atoms with Crippen LogP contribution in [0, 0.1) is 0 Å². The molecule has 2 rings (SSSR count). The molecule has 0 aromatic heterocycles. The van der Waals surface area contributed by atoms with Crippen molar-refractivity contribution in [3.63, 3.8) is 0 Å². The van der Waals surface area contributed by atoms with E-state index in [9.17, 15) is 4.79 Å². The summed E-state index contributed by atoms with van der Waals surface area (Å²) in [7, 11) is 0. The molecular formula is C12H11Cl2NO. The van der Waals surface area contributed by atoms with Crippen LogP contribution < -0.4 is 5.32 Å². The van der Waals surface area contributed by atoms with Crippen molar-refractivity contribution in [1.29, 1.82) is 0 Å². The zero-order valence-corrected chi connectivity index (χ0v) is 10.1. The van der Waals surface area contributed by atoms with Crippen molar-refractivity contribution in [2.75, 3.05) is 0 Å². The molecule has 4 heteroatoms. The molecule has 1 aliphatic carbocycles. The zero-order chi connectivity index (χ0) is 11.8. The van der Waals surface area contributed by atoms with Gasteiger partial charge in [-0.15, -0.1) is 0 Å². The number of rotatable bonds is 3. The Bertz CT molecular complexity index is 432. The van der Waals surface area contributed by atoms with Gasteiger partial charge in [-0.25, -0.2) is 0 Å². The zero-order valence-electron chi connectivity index (χ0n) is 8.59. The number of nitrogens with one attached hydrogen (secondary N) is 1. The molecule has 0 unspecified atom stereocenters. The first-order chi connectivity index (χ1) is 7.59. The van der Waals surface area contributed by atoms with Crippen LogP contribution >= 0.6 is 23.2 Å². The molecule has 1 aromatic rings. The van der Waals surface area contributed by atoms with Crippen molar-refractivity contribution in [1.82, 2.24) is 5.32 Å². The van der Waals surface area contributed by atoms with Crippen LogP contribution in [0.3, 0.4) is 0 Å². The van der Waals surface area contributed by atoms with Gasteiger partial charge in [-0.1, -0.05) is 35.8 Å². The molecule has 0 atom stereocenters. The van der Waals surface area contributed by atoms with E-state index in [0.717, 1.165) is 18.4 Å². The quantitative estimate of drug-likeness (QED) is 0.826. The Kier molecular flexibility index (Phi) is 2.96. The van der Waals surface area contributed by atoms with Gasteiger partial charge in [0.2, 0.25) is 5.91 Å². The Morgan fingerprint density at radius 1 is 1.38 bits per heavy atom. The van der Waals surface area contributed by atoms with E-state index in [0.29, 0.717) is 10.0 Å². The monoisotopic (exact) mass is 255 g/mol. The minimum Gasteiger partial charge on any atom is -0.343 e. The molecule has 0 saturated heterocycles. The normalized spacial score (nSPS) is 16.6. The molecule has 0 heterocycles. The highest BCUT2D eigenvalue weighted by atomic mass is 35.5. The number of hydrogen-bond donors (Lipinski definition) is 1. The van der Waals surface area contributed by atoms with Crippen LogP contribution in [0.15, 0.2) is 30.9 Å². The van der Waals surface area contributed by atoms with Gasteiger partial charge in [-0.2, -0.15) is 0 Å². The molecule has 2 nitrogen and oxygen atoms in total. The molecule has 1 amide bonds. The first-order valence-corrected chi connectivity index (χ1v) is 5.74. The molecule has 0 bridgehead atoms. The predicted octanol–water partition coefficient (Wildman–Crippen LogP) is 3.28. The first kappa shape index (κ1) is 11.5. The average molecular weight is 256 g/mol. The number of carbonyl (C=O) groups excluding carboxylic acids is 1. The van der Waals surface area contributed by atoms with E-state index >= 15 is 0 Å². The number of carbonyl (C=O) groups is 1. The van der Waals surface area contributed by atoms with Gasteiger partial charge in [0.1, 0.15) is 0 Å². The smallest absolute Gasteiger partial charge is 0.244 e. The molecular weight excluding hydrogens is 245 g/mol. The van der Waals surface area contributed by atoms with Gasteiger partial charge in [-0.3, -0.25) is 4.79 Å². The van der Waals surface area contributed by atoms with E-state index in [2.05, 4.69) is 11.9 Å². The Labute approximate surface area is 104 Å². The van der Waals surface area contributed by atoms with E-state index in [1.54, 1.807) is 18.2 Å². The average Bonchev–Trinajstić information content (AvgIpc) is 2.98. The summed E-state index contributed by atoms with van der Waals surface area (Å²) < 4.78 is 0. The summed E-state index contributed by atoms with van der Waals surface area (Å²) in [4.78, 5) is 11.3. The van der Waals surface area contributed by atoms with Crippen molar-refractivity contribution in [3.05, 3.63) is 46.5 Å². The summed E-state index contributed by atoms with van der Waals surface area (Å²) in [6.45, 7) is 3.43. The first-order valence-electron chi connectivity index (χ1n) is 4.98. The summed E-state index contributed by atoms with van der Waals surface area (Å²) in [6, 6.07) is 5.35. The fraction of sp³-hybridized carbons (Fsp3) is 0.250. The van der Waals surface area contributed by atoms with Crippen molar-refractivity contribution >= 4 is 29.1 Å². The fourth-order valence-corrected chi connectivity index (χ4v) is 2.56. The van der Waals surface area contributed by atoms with Crippen LogP contribution in [0.1, 0.15) is 18.4 Å². The SMILES string of the molecule is C=CC(=O)NC1(c2c(Cl)cccc2Cl)CC1. The molecule has 0 spiro atoms. The third-order valence-corrected chi connectivity index (χ3v) is 3.37. The van der Waals surface area contributed by atoms with Gasteiger partial charge in [0.25, 0.3) is 0 Å². The summed E-state index contributed by atoms with van der Waals surface area (Å²) in [5.41, 5.74) is 0.425. The Balaban J connectivity index is 2.37. The van der Waals surface area contributed by atoms with Crippen LogP contribution in [0.2, 0.25) is 10.0 Å². The maximum absolute atomic E-state index is 11.3. The van der Waals surface area contributed by atoms with Crippen LogP contribution in [-0.2, 0) is 10.3 Å². The van der Waals surface area contributed by atoms with E-state index in [1.807, 2.05) is 0 Å². The molecule has 1 saturated carbocycles. The second-order valence-corrected chi connectivity index (χ2v) is 4.69. The Hall–Kier alpha value is -0.990. The van der Waals surface area contributed by atoms with Gasteiger partial charge >= 0.3 is 0 Å². The summed E-state index contributed by atoms with van der Waals surface area (Å²) in [6.07, 6.45) is 2.97. The van der Waals surface area contributed by atoms with Gasteiger partial charge in [0.05, 0.1) is 5.54 Å². The minimum atomic E-state index is -0.388. The van der Waals surface area contributed by atoms with Crippen molar-refractivity contribution in [2.24, 2.45) is 0 Å². The molecule has 1 aliphatic rings. The maximum atomic E-state index is 11.3. The van der Waals surface area contributed by atoms with Crippen LogP contribution in [0.4, 0.5) is 0 Å². The lowest BCUT2D eigenvalue weighted by atomic mass is 10.0. The summed E-state index contributed by atoms with van der Waals surface area (Å²) in [5, 5.41) is 4.07. The highest BCUT2D eigenvalue weighted by Crippen LogP contribution is 2.50. The van der Waals surface area contributed by atoms with Gasteiger partial charge < -0.3 is 5.32 Å². The topological polar surface area (TPSA) is 29.1 Å². The van der Waals surface area contributed by atoms with E-state index in [4.69, 9.17) is 23.2 Å². The Morgan fingerprint density at radius 2 is 1.94 bits per heavy atom.